The Bertz CT molecular complexity index is 453. The number of morpholine rings is 1. The summed E-state index contributed by atoms with van der Waals surface area (Å²) in [6.07, 6.45) is 0. The third-order valence-corrected chi connectivity index (χ3v) is 3.54. The predicted molar refractivity (Wildman–Crippen MR) is 80.0 cm³/mol. The number of ether oxygens (including phenoxy) is 1. The zero-order valence-electron chi connectivity index (χ0n) is 12.4. The maximum atomic E-state index is 9.19. The Balaban J connectivity index is 2.16. The molecule has 0 aliphatic carbocycles. The Hall–Kier alpha value is -1.71. The molecule has 1 fully saturated rings. The lowest BCUT2D eigenvalue weighted by Gasteiger charge is -2.27. The quantitative estimate of drug-likeness (QED) is 0.403. The molecule has 0 aromatic carbocycles. The fourth-order valence-electron chi connectivity index (χ4n) is 1.90. The molecule has 9 nitrogen and oxygen atoms in total. The first-order valence-corrected chi connectivity index (χ1v) is 7.06. The summed E-state index contributed by atoms with van der Waals surface area (Å²) in [5.41, 5.74) is 2.45. The monoisotopic (exact) mass is 297 g/mol. The van der Waals surface area contributed by atoms with Crippen LogP contribution in [-0.2, 0) is 4.74 Å². The molecule has 21 heavy (non-hydrogen) atoms. The van der Waals surface area contributed by atoms with Gasteiger partial charge in [-0.3, -0.25) is 5.43 Å². The lowest BCUT2D eigenvalue weighted by molar-refractivity contribution is 0.122. The summed E-state index contributed by atoms with van der Waals surface area (Å²) in [6, 6.07) is 0.0283. The van der Waals surface area contributed by atoms with Crippen LogP contribution < -0.4 is 21.5 Å². The molecule has 0 saturated carbocycles. The molecule has 9 heteroatoms. The van der Waals surface area contributed by atoms with Crippen molar-refractivity contribution in [3.63, 3.8) is 0 Å². The number of rotatable bonds is 6. The zero-order chi connectivity index (χ0) is 15.2. The van der Waals surface area contributed by atoms with E-state index in [-0.39, 0.29) is 18.6 Å². The number of hydrazine groups is 1. The van der Waals surface area contributed by atoms with Crippen LogP contribution in [0.1, 0.15) is 13.8 Å². The maximum Gasteiger partial charge on any atom is 0.243 e. The van der Waals surface area contributed by atoms with Gasteiger partial charge >= 0.3 is 0 Å². The number of nitrogens with one attached hydrogen (secondary N) is 2. The van der Waals surface area contributed by atoms with Gasteiger partial charge in [0.2, 0.25) is 17.8 Å². The third-order valence-electron chi connectivity index (χ3n) is 3.54. The number of anilines is 3. The predicted octanol–water partition coefficient (Wildman–Crippen LogP) is -0.577. The number of nitrogens with zero attached hydrogens (tertiary/aromatic N) is 4. The van der Waals surface area contributed by atoms with E-state index >= 15 is 0 Å². The molecule has 5 N–H and O–H groups in total. The maximum absolute atomic E-state index is 9.19. The molecule has 0 bridgehead atoms. The van der Waals surface area contributed by atoms with Crippen LogP contribution in [0.15, 0.2) is 0 Å². The lowest BCUT2D eigenvalue weighted by atomic mass is 10.1. The van der Waals surface area contributed by atoms with Gasteiger partial charge in [-0.05, 0) is 12.8 Å². The first-order valence-electron chi connectivity index (χ1n) is 7.06. The van der Waals surface area contributed by atoms with Crippen LogP contribution in [0.25, 0.3) is 0 Å². The molecule has 2 heterocycles. The number of hydrogen-bond donors (Lipinski definition) is 4. The van der Waals surface area contributed by atoms with Crippen molar-refractivity contribution in [2.45, 2.75) is 19.9 Å². The third kappa shape index (κ3) is 4.13. The smallest absolute Gasteiger partial charge is 0.243 e. The molecule has 1 saturated heterocycles. The van der Waals surface area contributed by atoms with Gasteiger partial charge in [-0.2, -0.15) is 15.0 Å². The molecule has 1 aromatic rings. The molecule has 2 unspecified atom stereocenters. The van der Waals surface area contributed by atoms with Crippen molar-refractivity contribution < 1.29 is 9.84 Å². The first kappa shape index (κ1) is 15.7. The van der Waals surface area contributed by atoms with Gasteiger partial charge in [0.05, 0.1) is 13.2 Å². The molecule has 0 spiro atoms. The summed E-state index contributed by atoms with van der Waals surface area (Å²) in [5.74, 6) is 6.81. The fraction of sp³-hybridized carbons (Fsp3) is 0.750. The van der Waals surface area contributed by atoms with Crippen molar-refractivity contribution in [2.24, 2.45) is 11.8 Å². The van der Waals surface area contributed by atoms with Crippen molar-refractivity contribution in [1.82, 2.24) is 15.0 Å². The normalized spacial score (nSPS) is 18.2. The summed E-state index contributed by atoms with van der Waals surface area (Å²) in [5, 5.41) is 12.4. The average molecular weight is 297 g/mol. The second kappa shape index (κ2) is 7.34. The SMILES string of the molecule is CC(CO)C(C)Nc1nc(NN)nc(N2CCOCC2)n1. The number of nitrogens with two attached hydrogens (primary N) is 1. The summed E-state index contributed by atoms with van der Waals surface area (Å²) in [6.45, 7) is 6.78. The second-order valence-electron chi connectivity index (χ2n) is 5.12. The summed E-state index contributed by atoms with van der Waals surface area (Å²) < 4.78 is 5.32. The largest absolute Gasteiger partial charge is 0.396 e. The Morgan fingerprint density at radius 3 is 2.52 bits per heavy atom. The van der Waals surface area contributed by atoms with E-state index in [9.17, 15) is 5.11 Å². The van der Waals surface area contributed by atoms with Crippen LogP contribution >= 0.6 is 0 Å². The minimum Gasteiger partial charge on any atom is -0.396 e. The van der Waals surface area contributed by atoms with Crippen LogP contribution in [0.5, 0.6) is 0 Å². The summed E-state index contributed by atoms with van der Waals surface area (Å²) in [7, 11) is 0. The Morgan fingerprint density at radius 1 is 1.24 bits per heavy atom. The van der Waals surface area contributed by atoms with E-state index in [1.807, 2.05) is 18.7 Å². The van der Waals surface area contributed by atoms with Gasteiger partial charge in [-0.1, -0.05) is 6.92 Å². The van der Waals surface area contributed by atoms with Gasteiger partial charge < -0.3 is 20.1 Å². The van der Waals surface area contributed by atoms with E-state index in [4.69, 9.17) is 10.6 Å². The fourth-order valence-corrected chi connectivity index (χ4v) is 1.90. The van der Waals surface area contributed by atoms with Crippen LogP contribution in [0.3, 0.4) is 0 Å². The lowest BCUT2D eigenvalue weighted by Crippen LogP contribution is -2.38. The van der Waals surface area contributed by atoms with Gasteiger partial charge in [-0.15, -0.1) is 0 Å². The highest BCUT2D eigenvalue weighted by molar-refractivity contribution is 5.44. The van der Waals surface area contributed by atoms with E-state index in [1.165, 1.54) is 0 Å². The minimum atomic E-state index is 0.0283. The van der Waals surface area contributed by atoms with E-state index in [1.54, 1.807) is 0 Å². The van der Waals surface area contributed by atoms with Crippen LogP contribution in [0.4, 0.5) is 17.8 Å². The Labute approximate surface area is 123 Å². The standard InChI is InChI=1S/C12H23N7O2/c1-8(7-20)9(2)14-10-15-11(18-13)17-12(16-10)19-3-5-21-6-4-19/h8-9,20H,3-7,13H2,1-2H3,(H2,14,15,16,17,18). The molecule has 1 aliphatic heterocycles. The van der Waals surface area contributed by atoms with Crippen molar-refractivity contribution in [1.29, 1.82) is 0 Å². The number of aliphatic hydroxyl groups excluding tert-OH is 1. The molecule has 0 radical (unpaired) electrons. The molecular formula is C12H23N7O2. The summed E-state index contributed by atoms with van der Waals surface area (Å²) in [4.78, 5) is 14.9. The van der Waals surface area contributed by atoms with Crippen LogP contribution in [0.2, 0.25) is 0 Å². The first-order chi connectivity index (χ1) is 10.1. The van der Waals surface area contributed by atoms with Crippen LogP contribution in [0, 0.1) is 5.92 Å². The Morgan fingerprint density at radius 2 is 1.90 bits per heavy atom. The van der Waals surface area contributed by atoms with E-state index in [0.29, 0.717) is 31.1 Å². The van der Waals surface area contributed by atoms with Crippen molar-refractivity contribution in [2.75, 3.05) is 48.6 Å². The van der Waals surface area contributed by atoms with Crippen molar-refractivity contribution >= 4 is 17.8 Å². The molecule has 118 valence electrons. The minimum absolute atomic E-state index is 0.0283. The average Bonchev–Trinajstić information content (AvgIpc) is 2.54. The summed E-state index contributed by atoms with van der Waals surface area (Å²) >= 11 is 0. The number of aliphatic hydroxyl groups is 1. The number of hydrogen-bond acceptors (Lipinski definition) is 9. The molecule has 1 aliphatic rings. The highest BCUT2D eigenvalue weighted by Gasteiger charge is 2.18. The van der Waals surface area contributed by atoms with E-state index in [0.717, 1.165) is 13.1 Å². The van der Waals surface area contributed by atoms with Gasteiger partial charge in [-0.25, -0.2) is 5.84 Å². The zero-order valence-corrected chi connectivity index (χ0v) is 12.4. The molecule has 2 atom stereocenters. The topological polar surface area (TPSA) is 121 Å². The van der Waals surface area contributed by atoms with Gasteiger partial charge in [0.25, 0.3) is 0 Å². The molecular weight excluding hydrogens is 274 g/mol. The molecule has 2 rings (SSSR count). The highest BCUT2D eigenvalue weighted by Crippen LogP contribution is 2.16. The van der Waals surface area contributed by atoms with E-state index < -0.39 is 0 Å². The Kier molecular flexibility index (Phi) is 5.48. The van der Waals surface area contributed by atoms with Gasteiger partial charge in [0.15, 0.2) is 0 Å². The van der Waals surface area contributed by atoms with Crippen molar-refractivity contribution in [3.05, 3.63) is 0 Å². The highest BCUT2D eigenvalue weighted by atomic mass is 16.5. The number of aromatic nitrogens is 3. The van der Waals surface area contributed by atoms with E-state index in [2.05, 4.69) is 25.7 Å². The van der Waals surface area contributed by atoms with Crippen molar-refractivity contribution in [3.8, 4) is 0 Å². The van der Waals surface area contributed by atoms with Crippen LogP contribution in [-0.4, -0.2) is 59.0 Å². The number of nitrogen functional groups attached to an aromatic ring is 1. The van der Waals surface area contributed by atoms with Gasteiger partial charge in [0.1, 0.15) is 0 Å². The van der Waals surface area contributed by atoms with Gasteiger partial charge in [0, 0.05) is 25.7 Å². The molecule has 0 amide bonds. The molecule has 1 aromatic heterocycles. The second-order valence-corrected chi connectivity index (χ2v) is 5.12.